The average Bonchev–Trinajstić information content (AvgIpc) is 2.36. The number of hydrogen-bond acceptors (Lipinski definition) is 3. The highest BCUT2D eigenvalue weighted by atomic mass is 16.3. The third kappa shape index (κ3) is 2.26. The number of amides is 1. The Morgan fingerprint density at radius 1 is 1.44 bits per heavy atom. The van der Waals surface area contributed by atoms with Gasteiger partial charge in [0.2, 0.25) is 5.91 Å². The molecule has 1 unspecified atom stereocenters. The summed E-state index contributed by atoms with van der Waals surface area (Å²) in [6.07, 6.45) is 2.43. The highest BCUT2D eigenvalue weighted by Gasteiger charge is 2.42. The molecule has 1 aliphatic rings. The van der Waals surface area contributed by atoms with Crippen LogP contribution in [0, 0.1) is 0 Å². The zero-order chi connectivity index (χ0) is 13.2. The molecule has 2 rings (SSSR count). The minimum atomic E-state index is -0.777. The quantitative estimate of drug-likeness (QED) is 0.740. The third-order valence-electron chi connectivity index (χ3n) is 3.81. The van der Waals surface area contributed by atoms with Crippen molar-refractivity contribution in [1.29, 1.82) is 0 Å². The van der Waals surface area contributed by atoms with Crippen molar-refractivity contribution in [2.75, 3.05) is 6.61 Å². The van der Waals surface area contributed by atoms with Gasteiger partial charge in [0.15, 0.2) is 0 Å². The third-order valence-corrected chi connectivity index (χ3v) is 3.81. The molecule has 1 aliphatic carbocycles. The number of rotatable bonds is 4. The zero-order valence-electron chi connectivity index (χ0n) is 10.6. The van der Waals surface area contributed by atoms with Crippen LogP contribution >= 0.6 is 0 Å². The van der Waals surface area contributed by atoms with Gasteiger partial charge in [-0.2, -0.15) is 0 Å². The Kier molecular flexibility index (Phi) is 3.41. The van der Waals surface area contributed by atoms with E-state index >= 15 is 0 Å². The lowest BCUT2D eigenvalue weighted by Gasteiger charge is -2.40. The van der Waals surface area contributed by atoms with E-state index in [4.69, 9.17) is 5.73 Å². The van der Waals surface area contributed by atoms with Crippen LogP contribution in [-0.4, -0.2) is 23.2 Å². The first-order valence-electron chi connectivity index (χ1n) is 6.28. The van der Waals surface area contributed by atoms with E-state index < -0.39 is 11.1 Å². The molecular formula is C14H20N2O2. The lowest BCUT2D eigenvalue weighted by Crippen LogP contribution is -2.62. The normalized spacial score (nSPS) is 20.6. The Bertz CT molecular complexity index is 429. The van der Waals surface area contributed by atoms with E-state index in [9.17, 15) is 9.90 Å². The van der Waals surface area contributed by atoms with Crippen molar-refractivity contribution in [2.45, 2.75) is 37.3 Å². The fraction of sp³-hybridized carbons (Fsp3) is 0.500. The molecule has 0 saturated heterocycles. The van der Waals surface area contributed by atoms with Crippen molar-refractivity contribution >= 4 is 5.91 Å². The molecule has 1 aromatic rings. The van der Waals surface area contributed by atoms with Crippen LogP contribution in [0.5, 0.6) is 0 Å². The molecule has 0 heterocycles. The van der Waals surface area contributed by atoms with Gasteiger partial charge in [-0.05, 0) is 31.7 Å². The van der Waals surface area contributed by atoms with E-state index in [0.29, 0.717) is 0 Å². The van der Waals surface area contributed by atoms with E-state index in [-0.39, 0.29) is 12.5 Å². The number of nitrogens with two attached hydrogens (primary N) is 1. The maximum Gasteiger partial charge on any atom is 0.240 e. The zero-order valence-corrected chi connectivity index (χ0v) is 10.6. The minimum absolute atomic E-state index is 0.154. The van der Waals surface area contributed by atoms with Gasteiger partial charge in [0.25, 0.3) is 0 Å². The van der Waals surface area contributed by atoms with Crippen LogP contribution in [0.3, 0.4) is 0 Å². The molecule has 0 radical (unpaired) electrons. The van der Waals surface area contributed by atoms with E-state index in [1.807, 2.05) is 37.3 Å². The summed E-state index contributed by atoms with van der Waals surface area (Å²) < 4.78 is 0. The van der Waals surface area contributed by atoms with Crippen molar-refractivity contribution < 1.29 is 9.90 Å². The Morgan fingerprint density at radius 2 is 2.06 bits per heavy atom. The van der Waals surface area contributed by atoms with Gasteiger partial charge in [0.05, 0.1) is 17.7 Å². The first-order valence-corrected chi connectivity index (χ1v) is 6.28. The second-order valence-electron chi connectivity index (χ2n) is 5.32. The molecule has 0 spiro atoms. The molecule has 1 aromatic carbocycles. The maximum absolute atomic E-state index is 12.1. The standard InChI is InChI=1S/C14H20N2O2/c1-13(10-17,11-6-3-2-4-7-11)16-12(18)14(15)8-5-9-14/h2-4,6-7,17H,5,8-10,15H2,1H3,(H,16,18). The fourth-order valence-corrected chi connectivity index (χ4v) is 2.17. The number of carbonyl (C=O) groups is 1. The molecule has 0 aliphatic heterocycles. The Balaban J connectivity index is 2.16. The Labute approximate surface area is 107 Å². The van der Waals surface area contributed by atoms with Crippen molar-refractivity contribution in [3.05, 3.63) is 35.9 Å². The van der Waals surface area contributed by atoms with Gasteiger partial charge >= 0.3 is 0 Å². The van der Waals surface area contributed by atoms with Crippen molar-refractivity contribution in [3.63, 3.8) is 0 Å². The van der Waals surface area contributed by atoms with Gasteiger partial charge in [-0.3, -0.25) is 4.79 Å². The largest absolute Gasteiger partial charge is 0.394 e. The summed E-state index contributed by atoms with van der Waals surface area (Å²) >= 11 is 0. The van der Waals surface area contributed by atoms with Gasteiger partial charge in [0.1, 0.15) is 0 Å². The van der Waals surface area contributed by atoms with Crippen molar-refractivity contribution in [3.8, 4) is 0 Å². The number of aliphatic hydroxyl groups excluding tert-OH is 1. The summed E-state index contributed by atoms with van der Waals surface area (Å²) in [4.78, 5) is 12.1. The van der Waals surface area contributed by atoms with Gasteiger partial charge in [0, 0.05) is 0 Å². The number of hydrogen-bond donors (Lipinski definition) is 3. The molecule has 1 amide bonds. The highest BCUT2D eigenvalue weighted by Crippen LogP contribution is 2.31. The molecule has 18 heavy (non-hydrogen) atoms. The predicted octanol–water partition coefficient (Wildman–Crippen LogP) is 0.892. The van der Waals surface area contributed by atoms with Gasteiger partial charge in [-0.1, -0.05) is 30.3 Å². The molecule has 4 N–H and O–H groups in total. The minimum Gasteiger partial charge on any atom is -0.394 e. The highest BCUT2D eigenvalue weighted by molar-refractivity contribution is 5.87. The van der Waals surface area contributed by atoms with Crippen LogP contribution in [0.2, 0.25) is 0 Å². The second-order valence-corrected chi connectivity index (χ2v) is 5.32. The maximum atomic E-state index is 12.1. The van der Waals surface area contributed by atoms with Crippen LogP contribution in [0.25, 0.3) is 0 Å². The first-order chi connectivity index (χ1) is 8.50. The van der Waals surface area contributed by atoms with Crippen molar-refractivity contribution in [1.82, 2.24) is 5.32 Å². The lowest BCUT2D eigenvalue weighted by molar-refractivity contribution is -0.131. The van der Waals surface area contributed by atoms with Crippen LogP contribution in [0.15, 0.2) is 30.3 Å². The molecule has 1 fully saturated rings. The molecule has 4 nitrogen and oxygen atoms in total. The molecular weight excluding hydrogens is 228 g/mol. The van der Waals surface area contributed by atoms with Gasteiger partial charge < -0.3 is 16.2 Å². The predicted molar refractivity (Wildman–Crippen MR) is 69.8 cm³/mol. The van der Waals surface area contributed by atoms with Crippen LogP contribution < -0.4 is 11.1 Å². The SMILES string of the molecule is CC(CO)(NC(=O)C1(N)CCC1)c1ccccc1. The van der Waals surface area contributed by atoms with Crippen LogP contribution in [0.4, 0.5) is 0 Å². The molecule has 0 aromatic heterocycles. The summed E-state index contributed by atoms with van der Waals surface area (Å²) in [7, 11) is 0. The molecule has 1 atom stereocenters. The second kappa shape index (κ2) is 4.71. The lowest BCUT2D eigenvalue weighted by atomic mass is 9.76. The first kappa shape index (κ1) is 13.1. The average molecular weight is 248 g/mol. The van der Waals surface area contributed by atoms with E-state index in [2.05, 4.69) is 5.32 Å². The van der Waals surface area contributed by atoms with Gasteiger partial charge in [-0.15, -0.1) is 0 Å². The van der Waals surface area contributed by atoms with Crippen LogP contribution in [0.1, 0.15) is 31.7 Å². The smallest absolute Gasteiger partial charge is 0.240 e. The number of carbonyl (C=O) groups excluding carboxylic acids is 1. The number of nitrogens with one attached hydrogen (secondary N) is 1. The number of aliphatic hydroxyl groups is 1. The van der Waals surface area contributed by atoms with Gasteiger partial charge in [-0.25, -0.2) is 0 Å². The number of benzene rings is 1. The molecule has 1 saturated carbocycles. The Morgan fingerprint density at radius 3 is 2.50 bits per heavy atom. The van der Waals surface area contributed by atoms with E-state index in [1.165, 1.54) is 0 Å². The van der Waals surface area contributed by atoms with Crippen LogP contribution in [-0.2, 0) is 10.3 Å². The molecule has 4 heteroatoms. The van der Waals surface area contributed by atoms with E-state index in [0.717, 1.165) is 24.8 Å². The summed E-state index contributed by atoms with van der Waals surface area (Å²) in [6.45, 7) is 1.65. The van der Waals surface area contributed by atoms with Crippen molar-refractivity contribution in [2.24, 2.45) is 5.73 Å². The topological polar surface area (TPSA) is 75.3 Å². The fourth-order valence-electron chi connectivity index (χ4n) is 2.17. The summed E-state index contributed by atoms with van der Waals surface area (Å²) in [5, 5.41) is 12.5. The monoisotopic (exact) mass is 248 g/mol. The summed E-state index contributed by atoms with van der Waals surface area (Å²) in [6, 6.07) is 9.45. The Hall–Kier alpha value is -1.39. The van der Waals surface area contributed by atoms with E-state index in [1.54, 1.807) is 0 Å². The summed E-state index contributed by atoms with van der Waals surface area (Å²) in [5.41, 5.74) is 5.35. The molecule has 0 bridgehead atoms. The summed E-state index contributed by atoms with van der Waals surface area (Å²) in [5.74, 6) is -0.172. The molecule has 98 valence electrons.